The molecule has 0 heterocycles. The molecule has 1 N–H and O–H groups in total. The predicted octanol–water partition coefficient (Wildman–Crippen LogP) is 5.91. The molecule has 1 aliphatic carbocycles. The summed E-state index contributed by atoms with van der Waals surface area (Å²) >= 11 is 0. The summed E-state index contributed by atoms with van der Waals surface area (Å²) in [6.45, 7) is 2.26. The quantitative estimate of drug-likeness (QED) is 0.303. The number of hydrogen-bond donors (Lipinski definition) is 1. The van der Waals surface area contributed by atoms with Gasteiger partial charge in [0.15, 0.2) is 0 Å². The molecule has 0 bridgehead atoms. The second-order valence-corrected chi connectivity index (χ2v) is 9.21. The molecule has 0 amide bonds. The summed E-state index contributed by atoms with van der Waals surface area (Å²) < 4.78 is 29.9. The Morgan fingerprint density at radius 1 is 0.840 bits per heavy atom. The molecule has 1 aliphatic rings. The van der Waals surface area contributed by atoms with Crippen molar-refractivity contribution in [2.24, 2.45) is 11.8 Å². The molecule has 1 rings (SSSR count). The van der Waals surface area contributed by atoms with Crippen LogP contribution in [-0.2, 0) is 14.9 Å². The van der Waals surface area contributed by atoms with E-state index in [0.29, 0.717) is 6.42 Å². The van der Waals surface area contributed by atoms with Crippen molar-refractivity contribution in [3.8, 4) is 0 Å². The highest BCUT2D eigenvalue weighted by molar-refractivity contribution is 8.01. The monoisotopic (exact) mass is 374 g/mol. The van der Waals surface area contributed by atoms with E-state index in [0.717, 1.165) is 24.7 Å². The Morgan fingerprint density at radius 2 is 1.32 bits per heavy atom. The van der Waals surface area contributed by atoms with Gasteiger partial charge >= 0.3 is 10.1 Å². The first-order chi connectivity index (χ1) is 11.9. The smallest absolute Gasteiger partial charge is 0.280 e. The van der Waals surface area contributed by atoms with Crippen LogP contribution in [0, 0.1) is 11.8 Å². The Bertz CT molecular complexity index is 458. The fourth-order valence-electron chi connectivity index (χ4n) is 4.22. The predicted molar refractivity (Wildman–Crippen MR) is 103 cm³/mol. The summed E-state index contributed by atoms with van der Waals surface area (Å²) in [6, 6.07) is 0. The summed E-state index contributed by atoms with van der Waals surface area (Å²) in [5.74, 6) is 1.81. The first kappa shape index (κ1) is 22.6. The number of unbranched alkanes of at least 4 members (excludes halogenated alkanes) is 8. The second kappa shape index (κ2) is 12.9. The van der Waals surface area contributed by atoms with Crippen LogP contribution >= 0.6 is 0 Å². The molecule has 0 aromatic rings. The van der Waals surface area contributed by atoms with Gasteiger partial charge in [-0.25, -0.2) is 0 Å². The highest BCUT2D eigenvalue weighted by Gasteiger charge is 2.26. The van der Waals surface area contributed by atoms with Gasteiger partial charge < -0.3 is 0 Å². The van der Waals surface area contributed by atoms with Crippen LogP contribution in [0.4, 0.5) is 0 Å². The maximum Gasteiger partial charge on any atom is 0.328 e. The zero-order chi connectivity index (χ0) is 18.5. The maximum atomic E-state index is 11.1. The van der Waals surface area contributed by atoms with Crippen LogP contribution in [0.15, 0.2) is 0 Å². The van der Waals surface area contributed by atoms with Crippen molar-refractivity contribution in [1.29, 1.82) is 0 Å². The first-order valence-corrected chi connectivity index (χ1v) is 11.9. The molecule has 1 fully saturated rings. The number of carbonyl (C=O) groups excluding carboxylic acids is 1. The highest BCUT2D eigenvalue weighted by atomic mass is 32.2. The molecule has 0 aromatic heterocycles. The van der Waals surface area contributed by atoms with Crippen molar-refractivity contribution >= 4 is 15.2 Å². The van der Waals surface area contributed by atoms with Crippen molar-refractivity contribution in [3.05, 3.63) is 0 Å². The Balaban J connectivity index is 2.04. The van der Waals surface area contributed by atoms with Crippen molar-refractivity contribution in [3.63, 3.8) is 0 Å². The summed E-state index contributed by atoms with van der Waals surface area (Å²) in [6.07, 6.45) is 18.7. The van der Waals surface area contributed by atoms with E-state index in [1.807, 2.05) is 0 Å². The SMILES string of the molecule is CCCCCCCC[C@H]1CCC[C@@H]1CCCCCCC(=O)S(=O)(=O)O. The van der Waals surface area contributed by atoms with Crippen molar-refractivity contribution in [1.82, 2.24) is 0 Å². The molecule has 0 spiro atoms. The minimum Gasteiger partial charge on any atom is -0.280 e. The summed E-state index contributed by atoms with van der Waals surface area (Å²) in [5, 5.41) is -1.04. The van der Waals surface area contributed by atoms with Crippen LogP contribution in [-0.4, -0.2) is 18.1 Å². The van der Waals surface area contributed by atoms with Crippen LogP contribution in [0.3, 0.4) is 0 Å². The first-order valence-electron chi connectivity index (χ1n) is 10.5. The van der Waals surface area contributed by atoms with Gasteiger partial charge in [-0.15, -0.1) is 0 Å². The molecule has 4 nitrogen and oxygen atoms in total. The van der Waals surface area contributed by atoms with Gasteiger partial charge in [0.2, 0.25) is 0 Å². The molecule has 148 valence electrons. The van der Waals surface area contributed by atoms with Crippen LogP contribution in [0.2, 0.25) is 0 Å². The molecular weight excluding hydrogens is 336 g/mol. The normalized spacial score (nSPS) is 20.9. The highest BCUT2D eigenvalue weighted by Crippen LogP contribution is 2.38. The third-order valence-corrected chi connectivity index (χ3v) is 6.52. The fourth-order valence-corrected chi connectivity index (χ4v) is 4.62. The lowest BCUT2D eigenvalue weighted by molar-refractivity contribution is -0.112. The molecule has 25 heavy (non-hydrogen) atoms. The number of carbonyl (C=O) groups is 1. The van der Waals surface area contributed by atoms with Gasteiger partial charge in [-0.3, -0.25) is 9.35 Å². The molecule has 0 unspecified atom stereocenters. The molecule has 5 heteroatoms. The van der Waals surface area contributed by atoms with E-state index in [1.54, 1.807) is 0 Å². The summed E-state index contributed by atoms with van der Waals surface area (Å²) in [7, 11) is -4.47. The molecule has 0 radical (unpaired) electrons. The van der Waals surface area contributed by atoms with Gasteiger partial charge in [0, 0.05) is 6.42 Å². The van der Waals surface area contributed by atoms with Crippen LogP contribution < -0.4 is 0 Å². The molecule has 0 aromatic carbocycles. The van der Waals surface area contributed by atoms with Crippen LogP contribution in [0.5, 0.6) is 0 Å². The summed E-state index contributed by atoms with van der Waals surface area (Å²) in [4.78, 5) is 11.1. The third-order valence-electron chi connectivity index (χ3n) is 5.74. The standard InChI is InChI=1S/C20H38O4S/c1-2-3-4-5-6-9-13-18-15-12-16-19(18)14-10-7-8-11-17-20(21)25(22,23)24/h18-19H,2-17H2,1H3,(H,22,23,24)/t18-,19-/m0/s1. The largest absolute Gasteiger partial charge is 0.328 e. The minimum atomic E-state index is -4.47. The Kier molecular flexibility index (Phi) is 11.6. The van der Waals surface area contributed by atoms with E-state index in [-0.39, 0.29) is 6.42 Å². The molecule has 1 saturated carbocycles. The average Bonchev–Trinajstić information content (AvgIpc) is 3.00. The van der Waals surface area contributed by atoms with E-state index in [9.17, 15) is 13.2 Å². The van der Waals surface area contributed by atoms with Crippen molar-refractivity contribution < 1.29 is 17.8 Å². The van der Waals surface area contributed by atoms with Crippen LogP contribution in [0.25, 0.3) is 0 Å². The minimum absolute atomic E-state index is 0.0527. The maximum absolute atomic E-state index is 11.1. The Morgan fingerprint density at radius 3 is 1.84 bits per heavy atom. The topological polar surface area (TPSA) is 71.4 Å². The molecular formula is C20H38O4S. The van der Waals surface area contributed by atoms with E-state index in [2.05, 4.69) is 6.92 Å². The zero-order valence-corrected chi connectivity index (χ0v) is 16.9. The van der Waals surface area contributed by atoms with Gasteiger partial charge in [-0.05, 0) is 18.3 Å². The van der Waals surface area contributed by atoms with Gasteiger partial charge in [-0.1, -0.05) is 96.8 Å². The van der Waals surface area contributed by atoms with E-state index in [4.69, 9.17) is 4.55 Å². The molecule has 2 atom stereocenters. The third kappa shape index (κ3) is 10.3. The van der Waals surface area contributed by atoms with E-state index < -0.39 is 15.2 Å². The zero-order valence-electron chi connectivity index (χ0n) is 16.0. The van der Waals surface area contributed by atoms with Gasteiger partial charge in [0.1, 0.15) is 0 Å². The second-order valence-electron chi connectivity index (χ2n) is 7.81. The molecule has 0 aliphatic heterocycles. The lowest BCUT2D eigenvalue weighted by Gasteiger charge is -2.19. The Hall–Kier alpha value is -0.420. The Labute approximate surface area is 154 Å². The van der Waals surface area contributed by atoms with Gasteiger partial charge in [0.25, 0.3) is 5.12 Å². The lowest BCUT2D eigenvalue weighted by atomic mass is 9.86. The van der Waals surface area contributed by atoms with E-state index >= 15 is 0 Å². The lowest BCUT2D eigenvalue weighted by Crippen LogP contribution is -2.12. The van der Waals surface area contributed by atoms with Gasteiger partial charge in [-0.2, -0.15) is 8.42 Å². The summed E-state index contributed by atoms with van der Waals surface area (Å²) in [5.41, 5.74) is 0. The number of hydrogen-bond acceptors (Lipinski definition) is 3. The van der Waals surface area contributed by atoms with Crippen LogP contribution in [0.1, 0.15) is 110 Å². The van der Waals surface area contributed by atoms with Crippen molar-refractivity contribution in [2.45, 2.75) is 110 Å². The molecule has 0 saturated heterocycles. The van der Waals surface area contributed by atoms with Crippen molar-refractivity contribution in [2.75, 3.05) is 0 Å². The van der Waals surface area contributed by atoms with E-state index in [1.165, 1.54) is 77.0 Å². The number of rotatable bonds is 14. The average molecular weight is 375 g/mol. The van der Waals surface area contributed by atoms with Gasteiger partial charge in [0.05, 0.1) is 0 Å². The fraction of sp³-hybridized carbons (Fsp3) is 0.950.